The number of halogens is 1. The van der Waals surface area contributed by atoms with E-state index in [9.17, 15) is 0 Å². The van der Waals surface area contributed by atoms with Crippen molar-refractivity contribution in [3.63, 3.8) is 0 Å². The lowest BCUT2D eigenvalue weighted by Gasteiger charge is -2.22. The molecule has 0 amide bonds. The topological polar surface area (TPSA) is 12.9 Å². The van der Waals surface area contributed by atoms with Gasteiger partial charge >= 0.3 is 0 Å². The van der Waals surface area contributed by atoms with Gasteiger partial charge in [-0.25, -0.2) is 4.39 Å². The summed E-state index contributed by atoms with van der Waals surface area (Å²) >= 11 is 1.65. The third-order valence-corrected chi connectivity index (χ3v) is 8.19. The van der Waals surface area contributed by atoms with Gasteiger partial charge in [-0.05, 0) is 87.9 Å². The Labute approximate surface area is 224 Å². The third kappa shape index (κ3) is 4.94. The van der Waals surface area contributed by atoms with E-state index in [1.807, 2.05) is 6.07 Å². The number of benzene rings is 3. The largest absolute Gasteiger partial charge is 0.252 e. The number of pyridine rings is 1. The van der Waals surface area contributed by atoms with Crippen molar-refractivity contribution >= 4 is 32.2 Å². The second-order valence-electron chi connectivity index (χ2n) is 12.6. The smallest absolute Gasteiger partial charge is 0.150 e. The molecule has 5 rings (SSSR count). The highest BCUT2D eigenvalue weighted by molar-refractivity contribution is 7.22. The Kier molecular flexibility index (Phi) is 6.27. The molecule has 3 heteroatoms. The first-order chi connectivity index (χ1) is 17.3. The Morgan fingerprint density at radius 3 is 2.16 bits per heavy atom. The van der Waals surface area contributed by atoms with E-state index in [0.717, 1.165) is 27.3 Å². The fourth-order valence-electron chi connectivity index (χ4n) is 5.55. The summed E-state index contributed by atoms with van der Waals surface area (Å²) in [7, 11) is 0. The lowest BCUT2D eigenvalue weighted by atomic mass is 9.82. The van der Waals surface area contributed by atoms with Gasteiger partial charge in [-0.15, -0.1) is 11.3 Å². The molecule has 3 aromatic carbocycles. The zero-order valence-corrected chi connectivity index (χ0v) is 24.0. The van der Waals surface area contributed by atoms with E-state index >= 15 is 4.39 Å². The van der Waals surface area contributed by atoms with Crippen molar-refractivity contribution in [1.29, 1.82) is 0 Å². The monoisotopic (exact) mass is 509 g/mol. The number of hydrogen-bond acceptors (Lipinski definition) is 2. The fraction of sp³-hybridized carbons (Fsp3) is 0.324. The van der Waals surface area contributed by atoms with Crippen LogP contribution in [0.5, 0.6) is 0 Å². The number of fused-ring (bicyclic) bond motifs is 2. The molecule has 0 aliphatic heterocycles. The molecule has 37 heavy (non-hydrogen) atoms. The number of aryl methyl sites for hydroxylation is 2. The Morgan fingerprint density at radius 2 is 1.51 bits per heavy atom. The van der Waals surface area contributed by atoms with E-state index in [-0.39, 0.29) is 16.6 Å². The molecule has 1 nitrogen and oxygen atoms in total. The molecule has 0 fully saturated rings. The molecule has 190 valence electrons. The molecule has 0 atom stereocenters. The molecular weight excluding hydrogens is 473 g/mol. The Hall–Kier alpha value is -3.04. The Morgan fingerprint density at radius 1 is 0.838 bits per heavy atom. The lowest BCUT2D eigenvalue weighted by Crippen LogP contribution is -2.12. The summed E-state index contributed by atoms with van der Waals surface area (Å²) in [6, 6.07) is 19.6. The van der Waals surface area contributed by atoms with Crippen LogP contribution in [0.25, 0.3) is 42.6 Å². The van der Waals surface area contributed by atoms with Crippen LogP contribution in [0, 0.1) is 25.1 Å². The average molecular weight is 510 g/mol. The molecular formula is C34H36FNS. The summed E-state index contributed by atoms with van der Waals surface area (Å²) in [4.78, 5) is 5.74. The summed E-state index contributed by atoms with van der Waals surface area (Å²) in [5.41, 5.74) is 8.40. The van der Waals surface area contributed by atoms with Crippen molar-refractivity contribution in [3.8, 4) is 21.7 Å². The molecule has 5 aromatic rings. The highest BCUT2D eigenvalue weighted by Gasteiger charge is 2.22. The van der Waals surface area contributed by atoms with Crippen LogP contribution in [0.2, 0.25) is 0 Å². The van der Waals surface area contributed by atoms with Crippen molar-refractivity contribution in [1.82, 2.24) is 4.98 Å². The van der Waals surface area contributed by atoms with E-state index in [1.54, 1.807) is 11.3 Å². The van der Waals surface area contributed by atoms with Gasteiger partial charge in [0.25, 0.3) is 0 Å². The van der Waals surface area contributed by atoms with Crippen LogP contribution in [0.1, 0.15) is 63.8 Å². The minimum absolute atomic E-state index is 0.0294. The summed E-state index contributed by atoms with van der Waals surface area (Å²) in [6.45, 7) is 17.9. The molecule has 0 aliphatic rings. The van der Waals surface area contributed by atoms with E-state index in [0.29, 0.717) is 5.39 Å². The predicted molar refractivity (Wildman–Crippen MR) is 159 cm³/mol. The maximum Gasteiger partial charge on any atom is 0.150 e. The van der Waals surface area contributed by atoms with Crippen molar-refractivity contribution < 1.29 is 4.39 Å². The Bertz CT molecular complexity index is 1620. The minimum atomic E-state index is -0.266. The number of aromatic nitrogens is 1. The molecule has 2 heterocycles. The van der Waals surface area contributed by atoms with Crippen LogP contribution in [-0.2, 0) is 11.8 Å². The number of hydrogen-bond donors (Lipinski definition) is 0. The van der Waals surface area contributed by atoms with Crippen LogP contribution >= 0.6 is 11.3 Å². The van der Waals surface area contributed by atoms with E-state index < -0.39 is 0 Å². The molecule has 0 radical (unpaired) electrons. The van der Waals surface area contributed by atoms with Crippen LogP contribution in [0.3, 0.4) is 0 Å². The highest BCUT2D eigenvalue weighted by Crippen LogP contribution is 2.43. The highest BCUT2D eigenvalue weighted by atomic mass is 32.1. The Balaban J connectivity index is 1.70. The molecule has 0 spiro atoms. The van der Waals surface area contributed by atoms with Crippen LogP contribution < -0.4 is 0 Å². The maximum absolute atomic E-state index is 15.1. The zero-order valence-electron chi connectivity index (χ0n) is 23.2. The van der Waals surface area contributed by atoms with Gasteiger partial charge in [-0.2, -0.15) is 0 Å². The van der Waals surface area contributed by atoms with Crippen LogP contribution in [0.4, 0.5) is 4.39 Å². The molecule has 0 aliphatic carbocycles. The van der Waals surface area contributed by atoms with E-state index in [1.165, 1.54) is 44.8 Å². The first-order valence-corrected chi connectivity index (χ1v) is 13.9. The molecule has 2 aromatic heterocycles. The van der Waals surface area contributed by atoms with Gasteiger partial charge in [-0.1, -0.05) is 77.9 Å². The van der Waals surface area contributed by atoms with E-state index in [2.05, 4.69) is 109 Å². The van der Waals surface area contributed by atoms with Gasteiger partial charge in [0.2, 0.25) is 0 Å². The van der Waals surface area contributed by atoms with Gasteiger partial charge < -0.3 is 0 Å². The summed E-state index contributed by atoms with van der Waals surface area (Å²) in [5.74, 6) is -0.266. The molecule has 0 saturated heterocycles. The fourth-order valence-corrected chi connectivity index (χ4v) is 6.90. The predicted octanol–water partition coefficient (Wildman–Crippen LogP) is 10.4. The van der Waals surface area contributed by atoms with Crippen molar-refractivity contribution in [3.05, 3.63) is 88.9 Å². The van der Waals surface area contributed by atoms with Crippen molar-refractivity contribution in [2.75, 3.05) is 0 Å². The summed E-state index contributed by atoms with van der Waals surface area (Å²) < 4.78 is 16.0. The van der Waals surface area contributed by atoms with E-state index in [4.69, 9.17) is 0 Å². The molecule has 0 bridgehead atoms. The first-order valence-electron chi connectivity index (χ1n) is 13.0. The average Bonchev–Trinajstić information content (AvgIpc) is 3.22. The van der Waals surface area contributed by atoms with Gasteiger partial charge in [0.05, 0.1) is 16.6 Å². The summed E-state index contributed by atoms with van der Waals surface area (Å²) in [5, 5.41) is 3.08. The molecule has 0 unspecified atom stereocenters. The first kappa shape index (κ1) is 25.6. The van der Waals surface area contributed by atoms with Crippen molar-refractivity contribution in [2.45, 2.75) is 67.2 Å². The van der Waals surface area contributed by atoms with Crippen LogP contribution in [-0.4, -0.2) is 4.98 Å². The second kappa shape index (κ2) is 9.06. The zero-order chi connectivity index (χ0) is 26.7. The number of thiophene rings is 1. The van der Waals surface area contributed by atoms with Crippen molar-refractivity contribution in [2.24, 2.45) is 5.41 Å². The minimum Gasteiger partial charge on any atom is -0.252 e. The summed E-state index contributed by atoms with van der Waals surface area (Å²) in [6.07, 6.45) is 2.41. The SMILES string of the molecule is Cc1cc(CC(C)(C)C)cc(C)c1-c1cc2c(F)cnc(-c3cc(C(C)(C)C)c4ccccc4c3)c2s1. The maximum atomic E-state index is 15.1. The van der Waals surface area contributed by atoms with Crippen LogP contribution in [0.15, 0.2) is 60.8 Å². The van der Waals surface area contributed by atoms with Gasteiger partial charge in [0.1, 0.15) is 5.82 Å². The lowest BCUT2D eigenvalue weighted by molar-refractivity contribution is 0.411. The van der Waals surface area contributed by atoms with Gasteiger partial charge in [-0.3, -0.25) is 4.98 Å². The standard InChI is InChI=1S/C34H36FNS/c1-20-13-22(18-33(3,4)5)14-21(2)30(20)29-17-26-28(35)19-36-31(32(26)37-29)24-15-23-11-9-10-12-25(23)27(16-24)34(6,7)8/h9-17,19H,18H2,1-8H3. The number of nitrogens with zero attached hydrogens (tertiary/aromatic N) is 1. The second-order valence-corrected chi connectivity index (χ2v) is 13.7. The number of rotatable bonds is 3. The molecule has 0 saturated carbocycles. The quantitative estimate of drug-likeness (QED) is 0.236. The van der Waals surface area contributed by atoms with Gasteiger partial charge in [0, 0.05) is 15.8 Å². The normalized spacial score (nSPS) is 12.6. The van der Waals surface area contributed by atoms with Gasteiger partial charge in [0.15, 0.2) is 0 Å². The third-order valence-electron chi connectivity index (χ3n) is 7.03. The molecule has 0 N–H and O–H groups in total.